The number of furan rings is 1. The van der Waals surface area contributed by atoms with Gasteiger partial charge in [0.25, 0.3) is 5.56 Å². The van der Waals surface area contributed by atoms with Gasteiger partial charge in [0.05, 0.1) is 53.8 Å². The van der Waals surface area contributed by atoms with E-state index in [1.165, 1.54) is 15.9 Å². The van der Waals surface area contributed by atoms with Crippen molar-refractivity contribution in [2.75, 3.05) is 20.3 Å². The molecule has 11 heteroatoms. The SMILES string of the molecule is CCCCOc1ccc([C@@H]2C(C(=O)OCC)=C(C)N=c3s/c(=C/c4ccc(-c5cccc(C(=O)OC(C)C)c5)o4)c(=O)n32)cc1OC. The summed E-state index contributed by atoms with van der Waals surface area (Å²) in [6.07, 6.45) is 3.30. The zero-order valence-electron chi connectivity index (χ0n) is 27.3. The van der Waals surface area contributed by atoms with Crippen LogP contribution in [0, 0.1) is 0 Å². The van der Waals surface area contributed by atoms with Crippen LogP contribution in [0.5, 0.6) is 11.5 Å². The summed E-state index contributed by atoms with van der Waals surface area (Å²) in [6.45, 7) is 9.85. The summed E-state index contributed by atoms with van der Waals surface area (Å²) in [5.41, 5.74) is 2.13. The number of nitrogens with zero attached hydrogens (tertiary/aromatic N) is 2. The molecule has 10 nitrogen and oxygen atoms in total. The van der Waals surface area contributed by atoms with E-state index in [4.69, 9.17) is 23.4 Å². The Morgan fingerprint density at radius 1 is 1.06 bits per heavy atom. The summed E-state index contributed by atoms with van der Waals surface area (Å²) in [5.74, 6) is 1.06. The molecule has 2 aromatic heterocycles. The lowest BCUT2D eigenvalue weighted by Crippen LogP contribution is -2.39. The Balaban J connectivity index is 1.56. The van der Waals surface area contributed by atoms with Crippen LogP contribution < -0.4 is 24.4 Å². The van der Waals surface area contributed by atoms with Crippen LogP contribution in [0.3, 0.4) is 0 Å². The zero-order chi connectivity index (χ0) is 33.7. The van der Waals surface area contributed by atoms with E-state index in [0.717, 1.165) is 12.8 Å². The van der Waals surface area contributed by atoms with Gasteiger partial charge in [-0.3, -0.25) is 9.36 Å². The maximum Gasteiger partial charge on any atom is 0.338 e. The van der Waals surface area contributed by atoms with Crippen molar-refractivity contribution >= 4 is 29.4 Å². The summed E-state index contributed by atoms with van der Waals surface area (Å²) in [6, 6.07) is 15.1. The fourth-order valence-electron chi connectivity index (χ4n) is 5.20. The topological polar surface area (TPSA) is 119 Å². The molecule has 0 aliphatic carbocycles. The number of hydrogen-bond acceptors (Lipinski definition) is 10. The number of rotatable bonds is 12. The monoisotopic (exact) mass is 658 g/mol. The number of fused-ring (bicyclic) bond motifs is 1. The van der Waals surface area contributed by atoms with Gasteiger partial charge in [-0.15, -0.1) is 0 Å². The van der Waals surface area contributed by atoms with Crippen molar-refractivity contribution in [3.05, 3.63) is 102 Å². The van der Waals surface area contributed by atoms with E-state index in [1.807, 2.05) is 12.1 Å². The summed E-state index contributed by atoms with van der Waals surface area (Å²) >= 11 is 1.19. The summed E-state index contributed by atoms with van der Waals surface area (Å²) < 4.78 is 30.3. The van der Waals surface area contributed by atoms with Crippen molar-refractivity contribution in [1.29, 1.82) is 0 Å². The number of ether oxygens (including phenoxy) is 4. The Bertz CT molecular complexity index is 2000. The van der Waals surface area contributed by atoms with E-state index in [-0.39, 0.29) is 23.8 Å². The molecule has 0 radical (unpaired) electrons. The van der Waals surface area contributed by atoms with Crippen LogP contribution in [0.2, 0.25) is 0 Å². The van der Waals surface area contributed by atoms with Gasteiger partial charge in [0, 0.05) is 11.6 Å². The Morgan fingerprint density at radius 3 is 2.60 bits per heavy atom. The van der Waals surface area contributed by atoms with Crippen LogP contribution in [0.25, 0.3) is 17.4 Å². The predicted octanol–water partition coefficient (Wildman–Crippen LogP) is 5.81. The summed E-state index contributed by atoms with van der Waals surface area (Å²) in [5, 5.41) is 0. The highest BCUT2D eigenvalue weighted by Gasteiger charge is 2.34. The minimum atomic E-state index is -0.813. The molecule has 3 heterocycles. The molecule has 0 bridgehead atoms. The van der Waals surface area contributed by atoms with Gasteiger partial charge in [-0.2, -0.15) is 0 Å². The van der Waals surface area contributed by atoms with Crippen molar-refractivity contribution in [3.8, 4) is 22.8 Å². The number of methoxy groups -OCH3 is 1. The van der Waals surface area contributed by atoms with Gasteiger partial charge >= 0.3 is 11.9 Å². The first kappa shape index (κ1) is 33.5. The zero-order valence-corrected chi connectivity index (χ0v) is 28.1. The van der Waals surface area contributed by atoms with Gasteiger partial charge in [-0.1, -0.05) is 42.9 Å². The third-order valence-corrected chi connectivity index (χ3v) is 8.38. The van der Waals surface area contributed by atoms with E-state index in [0.29, 0.717) is 61.3 Å². The second kappa shape index (κ2) is 14.7. The Labute approximate surface area is 276 Å². The molecule has 47 heavy (non-hydrogen) atoms. The molecule has 2 aromatic carbocycles. The molecule has 0 amide bonds. The van der Waals surface area contributed by atoms with Crippen LogP contribution in [0.15, 0.2) is 80.1 Å². The highest BCUT2D eigenvalue weighted by Crippen LogP contribution is 2.36. The first-order chi connectivity index (χ1) is 22.6. The van der Waals surface area contributed by atoms with E-state index in [9.17, 15) is 14.4 Å². The normalized spacial score (nSPS) is 14.5. The maximum absolute atomic E-state index is 14.1. The average Bonchev–Trinajstić information content (AvgIpc) is 3.64. The second-order valence-corrected chi connectivity index (χ2v) is 12.2. The maximum atomic E-state index is 14.1. The van der Waals surface area contributed by atoms with Crippen molar-refractivity contribution in [1.82, 2.24) is 4.57 Å². The van der Waals surface area contributed by atoms with E-state index in [1.54, 1.807) is 83.3 Å². The smallest absolute Gasteiger partial charge is 0.338 e. The van der Waals surface area contributed by atoms with Gasteiger partial charge in [0.1, 0.15) is 11.5 Å². The van der Waals surface area contributed by atoms with Crippen LogP contribution in [0.4, 0.5) is 0 Å². The Morgan fingerprint density at radius 2 is 1.87 bits per heavy atom. The average molecular weight is 659 g/mol. The lowest BCUT2D eigenvalue weighted by atomic mass is 9.95. The molecule has 0 N–H and O–H groups in total. The Hall–Kier alpha value is -4.90. The number of unbranched alkanes of at least 4 members (excludes halogenated alkanes) is 1. The molecule has 4 aromatic rings. The number of thiazole rings is 1. The fourth-order valence-corrected chi connectivity index (χ4v) is 6.23. The standard InChI is InChI=1S/C36H38N2O8S/c1-7-9-17-44-28-15-13-24(19-29(28)42-6)32-31(35(41)43-8-2)22(5)37-36-38(32)33(39)30(47-36)20-26-14-16-27(46-26)23-11-10-12-25(18-23)34(40)45-21(3)4/h10-16,18-21,32H,7-9,17H2,1-6H3/b30-20+/t32-/m1/s1. The first-order valence-corrected chi connectivity index (χ1v) is 16.4. The minimum absolute atomic E-state index is 0.170. The van der Waals surface area contributed by atoms with E-state index < -0.39 is 18.0 Å². The molecule has 1 aliphatic rings. The van der Waals surface area contributed by atoms with Crippen molar-refractivity contribution < 1.29 is 33.0 Å². The van der Waals surface area contributed by atoms with E-state index in [2.05, 4.69) is 11.9 Å². The molecule has 0 unspecified atom stereocenters. The predicted molar refractivity (Wildman–Crippen MR) is 178 cm³/mol. The lowest BCUT2D eigenvalue weighted by molar-refractivity contribution is -0.139. The number of carbonyl (C=O) groups is 2. The number of hydrogen-bond donors (Lipinski definition) is 0. The highest BCUT2D eigenvalue weighted by atomic mass is 32.1. The van der Waals surface area contributed by atoms with Gasteiger partial charge < -0.3 is 23.4 Å². The molecule has 1 atom stereocenters. The van der Waals surface area contributed by atoms with Crippen LogP contribution in [-0.4, -0.2) is 42.9 Å². The number of esters is 2. The second-order valence-electron chi connectivity index (χ2n) is 11.2. The van der Waals surface area contributed by atoms with Crippen LogP contribution in [0.1, 0.15) is 75.2 Å². The molecule has 0 saturated carbocycles. The molecule has 0 fully saturated rings. The van der Waals surface area contributed by atoms with Gasteiger partial charge in [-0.25, -0.2) is 14.6 Å². The molecular formula is C36H38N2O8S. The number of aromatic nitrogens is 1. The van der Waals surface area contributed by atoms with Crippen molar-refractivity contribution in [2.24, 2.45) is 4.99 Å². The van der Waals surface area contributed by atoms with Crippen LogP contribution >= 0.6 is 11.3 Å². The number of carbonyl (C=O) groups excluding carboxylic acids is 2. The van der Waals surface area contributed by atoms with Crippen LogP contribution in [-0.2, 0) is 14.3 Å². The summed E-state index contributed by atoms with van der Waals surface area (Å²) in [7, 11) is 1.55. The first-order valence-electron chi connectivity index (χ1n) is 15.6. The number of allylic oxidation sites excluding steroid dienone is 1. The molecule has 1 aliphatic heterocycles. The third-order valence-electron chi connectivity index (χ3n) is 7.40. The molecular weight excluding hydrogens is 620 g/mol. The van der Waals surface area contributed by atoms with Crippen molar-refractivity contribution in [3.63, 3.8) is 0 Å². The summed E-state index contributed by atoms with van der Waals surface area (Å²) in [4.78, 5) is 44.9. The van der Waals surface area contributed by atoms with E-state index >= 15 is 0 Å². The molecule has 246 valence electrons. The highest BCUT2D eigenvalue weighted by molar-refractivity contribution is 7.07. The minimum Gasteiger partial charge on any atom is -0.493 e. The quantitative estimate of drug-likeness (QED) is 0.138. The lowest BCUT2D eigenvalue weighted by Gasteiger charge is -2.25. The fraction of sp³-hybridized carbons (Fsp3) is 0.333. The molecule has 0 spiro atoms. The molecule has 5 rings (SSSR count). The Kier molecular flexibility index (Phi) is 10.5. The van der Waals surface area contributed by atoms with Gasteiger partial charge in [-0.05, 0) is 76.1 Å². The third kappa shape index (κ3) is 7.25. The van der Waals surface area contributed by atoms with Gasteiger partial charge in [0.15, 0.2) is 16.3 Å². The largest absolute Gasteiger partial charge is 0.493 e. The van der Waals surface area contributed by atoms with Gasteiger partial charge in [0.2, 0.25) is 0 Å². The molecule has 0 saturated heterocycles. The number of benzene rings is 2. The van der Waals surface area contributed by atoms with Crippen molar-refractivity contribution in [2.45, 2.75) is 59.6 Å².